The molecule has 1 saturated carbocycles. The van der Waals surface area contributed by atoms with Gasteiger partial charge in [0.2, 0.25) is 0 Å². The molecule has 0 heterocycles. The fraction of sp³-hybridized carbons (Fsp3) is 0.733. The van der Waals surface area contributed by atoms with Crippen molar-refractivity contribution in [3.8, 4) is 0 Å². The SMILES string of the molecule is CC(C)[C@@H]1CC[C@@H](C)C[C@H]1[P+](=O)C1=CCC=C1. The van der Waals surface area contributed by atoms with Crippen molar-refractivity contribution in [2.45, 2.75) is 52.1 Å². The summed E-state index contributed by atoms with van der Waals surface area (Å²) in [6, 6.07) is 0. The Hall–Kier alpha value is -0.420. The Kier molecular flexibility index (Phi) is 4.20. The van der Waals surface area contributed by atoms with Gasteiger partial charge in [-0.25, -0.2) is 0 Å². The minimum Gasteiger partial charge on any atom is -0.0761 e. The second-order valence-corrected chi connectivity index (χ2v) is 7.82. The lowest BCUT2D eigenvalue weighted by Gasteiger charge is -2.31. The Balaban J connectivity index is 2.14. The fourth-order valence-electron chi connectivity index (χ4n) is 3.22. The maximum Gasteiger partial charge on any atom is 0.379 e. The predicted molar refractivity (Wildman–Crippen MR) is 74.6 cm³/mol. The molecule has 0 amide bonds. The summed E-state index contributed by atoms with van der Waals surface area (Å²) < 4.78 is 12.7. The molecular weight excluding hydrogens is 227 g/mol. The van der Waals surface area contributed by atoms with E-state index in [1.807, 2.05) is 0 Å². The van der Waals surface area contributed by atoms with Crippen LogP contribution in [0.5, 0.6) is 0 Å². The molecule has 2 aliphatic carbocycles. The Morgan fingerprint density at radius 3 is 2.71 bits per heavy atom. The van der Waals surface area contributed by atoms with Gasteiger partial charge in [0.15, 0.2) is 11.0 Å². The smallest absolute Gasteiger partial charge is 0.0761 e. The van der Waals surface area contributed by atoms with Crippen molar-refractivity contribution in [3.63, 3.8) is 0 Å². The second kappa shape index (κ2) is 5.48. The van der Waals surface area contributed by atoms with E-state index in [0.29, 0.717) is 17.5 Å². The van der Waals surface area contributed by atoms with Crippen LogP contribution in [-0.4, -0.2) is 5.66 Å². The zero-order valence-corrected chi connectivity index (χ0v) is 12.1. The van der Waals surface area contributed by atoms with E-state index in [4.69, 9.17) is 0 Å². The highest BCUT2D eigenvalue weighted by Crippen LogP contribution is 2.51. The molecule has 2 aliphatic rings. The highest BCUT2D eigenvalue weighted by atomic mass is 31.1. The van der Waals surface area contributed by atoms with E-state index in [0.717, 1.165) is 24.1 Å². The quantitative estimate of drug-likeness (QED) is 0.636. The lowest BCUT2D eigenvalue weighted by atomic mass is 9.77. The van der Waals surface area contributed by atoms with Crippen molar-refractivity contribution >= 4 is 7.80 Å². The third-order valence-corrected chi connectivity index (χ3v) is 6.33. The van der Waals surface area contributed by atoms with Crippen LogP contribution in [-0.2, 0) is 4.57 Å². The Morgan fingerprint density at radius 1 is 1.35 bits per heavy atom. The molecule has 0 aromatic carbocycles. The predicted octanol–water partition coefficient (Wildman–Crippen LogP) is 5.12. The standard InChI is InChI=1S/C15H24OP/c1-11(2)14-9-8-12(3)10-15(14)17(16)13-6-4-5-7-13/h4,6-7,11-12,14-15H,5,8-10H2,1-3H3/q+1/t12-,14+,15-/m1/s1. The first-order chi connectivity index (χ1) is 8.09. The third kappa shape index (κ3) is 2.88. The van der Waals surface area contributed by atoms with Crippen LogP contribution < -0.4 is 0 Å². The van der Waals surface area contributed by atoms with Crippen LogP contribution in [0.1, 0.15) is 46.5 Å². The molecule has 0 bridgehead atoms. The molecule has 0 aliphatic heterocycles. The molecule has 94 valence electrons. The van der Waals surface area contributed by atoms with Crippen molar-refractivity contribution in [1.82, 2.24) is 0 Å². The topological polar surface area (TPSA) is 17.1 Å². The molecule has 1 fully saturated rings. The van der Waals surface area contributed by atoms with Crippen LogP contribution in [0.2, 0.25) is 0 Å². The van der Waals surface area contributed by atoms with Gasteiger partial charge in [-0.3, -0.25) is 0 Å². The van der Waals surface area contributed by atoms with Crippen molar-refractivity contribution < 1.29 is 4.57 Å². The van der Waals surface area contributed by atoms with Gasteiger partial charge in [0.25, 0.3) is 0 Å². The van der Waals surface area contributed by atoms with Crippen molar-refractivity contribution in [2.24, 2.45) is 17.8 Å². The van der Waals surface area contributed by atoms with Crippen LogP contribution in [0.3, 0.4) is 0 Å². The molecule has 0 N–H and O–H groups in total. The minimum absolute atomic E-state index is 0.419. The van der Waals surface area contributed by atoms with Crippen LogP contribution >= 0.6 is 7.80 Å². The molecule has 0 radical (unpaired) electrons. The monoisotopic (exact) mass is 251 g/mol. The molecule has 2 heteroatoms. The molecule has 1 nitrogen and oxygen atoms in total. The summed E-state index contributed by atoms with van der Waals surface area (Å²) in [4.78, 5) is 0. The van der Waals surface area contributed by atoms with Crippen LogP contribution in [0.15, 0.2) is 23.5 Å². The Labute approximate surface area is 106 Å². The Morgan fingerprint density at radius 2 is 2.12 bits per heavy atom. The molecule has 2 rings (SSSR count). The first-order valence-electron chi connectivity index (χ1n) is 6.92. The molecule has 0 aromatic rings. The van der Waals surface area contributed by atoms with E-state index in [9.17, 15) is 4.57 Å². The van der Waals surface area contributed by atoms with Crippen LogP contribution in [0.25, 0.3) is 0 Å². The van der Waals surface area contributed by atoms with Crippen molar-refractivity contribution in [2.75, 3.05) is 0 Å². The maximum atomic E-state index is 12.7. The van der Waals surface area contributed by atoms with Gasteiger partial charge in [0.1, 0.15) is 0 Å². The van der Waals surface area contributed by atoms with E-state index < -0.39 is 7.80 Å². The van der Waals surface area contributed by atoms with E-state index in [1.54, 1.807) is 0 Å². The molecular formula is C15H24OP+. The number of hydrogen-bond acceptors (Lipinski definition) is 1. The zero-order chi connectivity index (χ0) is 12.4. The number of hydrogen-bond donors (Lipinski definition) is 0. The van der Waals surface area contributed by atoms with Gasteiger partial charge in [0.05, 0.1) is 0 Å². The Bertz CT molecular complexity index is 354. The average molecular weight is 251 g/mol. The maximum absolute atomic E-state index is 12.7. The molecule has 0 saturated heterocycles. The molecule has 4 atom stereocenters. The summed E-state index contributed by atoms with van der Waals surface area (Å²) in [6.07, 6.45) is 11.1. The van der Waals surface area contributed by atoms with Gasteiger partial charge in [-0.05, 0) is 43.3 Å². The van der Waals surface area contributed by atoms with Gasteiger partial charge in [-0.15, -0.1) is 0 Å². The fourth-order valence-corrected chi connectivity index (χ4v) is 5.54. The zero-order valence-electron chi connectivity index (χ0n) is 11.2. The first kappa shape index (κ1) is 13.0. The summed E-state index contributed by atoms with van der Waals surface area (Å²) in [5, 5.41) is 1.12. The molecule has 0 aromatic heterocycles. The van der Waals surface area contributed by atoms with Crippen molar-refractivity contribution in [1.29, 1.82) is 0 Å². The van der Waals surface area contributed by atoms with E-state index in [-0.39, 0.29) is 0 Å². The summed E-state index contributed by atoms with van der Waals surface area (Å²) in [5.74, 6) is 2.07. The van der Waals surface area contributed by atoms with E-state index >= 15 is 0 Å². The molecule has 0 spiro atoms. The first-order valence-corrected chi connectivity index (χ1v) is 8.25. The highest BCUT2D eigenvalue weighted by molar-refractivity contribution is 7.50. The van der Waals surface area contributed by atoms with Gasteiger partial charge < -0.3 is 0 Å². The molecule has 17 heavy (non-hydrogen) atoms. The summed E-state index contributed by atoms with van der Waals surface area (Å²) in [6.45, 7) is 6.89. The van der Waals surface area contributed by atoms with Gasteiger partial charge in [0, 0.05) is 5.92 Å². The highest BCUT2D eigenvalue weighted by Gasteiger charge is 2.44. The van der Waals surface area contributed by atoms with Gasteiger partial charge in [-0.1, -0.05) is 37.8 Å². The van der Waals surface area contributed by atoms with Crippen LogP contribution in [0.4, 0.5) is 0 Å². The van der Waals surface area contributed by atoms with Gasteiger partial charge in [-0.2, -0.15) is 0 Å². The number of allylic oxidation sites excluding steroid dienone is 4. The number of rotatable bonds is 3. The summed E-state index contributed by atoms with van der Waals surface area (Å²) >= 11 is 0. The van der Waals surface area contributed by atoms with E-state index in [2.05, 4.69) is 39.0 Å². The molecule has 1 unspecified atom stereocenters. The second-order valence-electron chi connectivity index (χ2n) is 5.99. The summed E-state index contributed by atoms with van der Waals surface area (Å²) in [5.41, 5.74) is 0.419. The lowest BCUT2D eigenvalue weighted by Crippen LogP contribution is -2.29. The van der Waals surface area contributed by atoms with E-state index in [1.165, 1.54) is 12.8 Å². The minimum atomic E-state index is -1.17. The van der Waals surface area contributed by atoms with Crippen LogP contribution in [0, 0.1) is 17.8 Å². The summed E-state index contributed by atoms with van der Waals surface area (Å²) in [7, 11) is -1.17. The lowest BCUT2D eigenvalue weighted by molar-refractivity contribution is 0.239. The third-order valence-electron chi connectivity index (χ3n) is 4.29. The van der Waals surface area contributed by atoms with Gasteiger partial charge >= 0.3 is 7.80 Å². The average Bonchev–Trinajstić information content (AvgIpc) is 2.80. The van der Waals surface area contributed by atoms with Crippen molar-refractivity contribution in [3.05, 3.63) is 23.5 Å². The normalized spacial score (nSPS) is 34.0. The largest absolute Gasteiger partial charge is 0.379 e.